The molecule has 0 aliphatic heterocycles. The standard InChI is InChI=1S/C11H15N3O/c1-3-5-8(2)14-11-9(10(12)15)6-4-7-13-11/h3-4,6-8H,1,5H2,2H3,(H2,12,15)(H,13,14). The Kier molecular flexibility index (Phi) is 3.85. The van der Waals surface area contributed by atoms with Crippen LogP contribution in [-0.4, -0.2) is 16.9 Å². The average molecular weight is 205 g/mol. The number of rotatable bonds is 5. The zero-order valence-corrected chi connectivity index (χ0v) is 8.73. The second-order valence-corrected chi connectivity index (χ2v) is 3.33. The van der Waals surface area contributed by atoms with Gasteiger partial charge in [0.2, 0.25) is 0 Å². The summed E-state index contributed by atoms with van der Waals surface area (Å²) in [5.74, 6) is 0.0516. The van der Waals surface area contributed by atoms with E-state index < -0.39 is 5.91 Å². The molecule has 1 amide bonds. The van der Waals surface area contributed by atoms with E-state index in [4.69, 9.17) is 5.73 Å². The minimum atomic E-state index is -0.476. The lowest BCUT2D eigenvalue weighted by atomic mass is 10.2. The Morgan fingerprint density at radius 3 is 3.13 bits per heavy atom. The van der Waals surface area contributed by atoms with Crippen molar-refractivity contribution in [3.63, 3.8) is 0 Å². The number of hydrogen-bond donors (Lipinski definition) is 2. The first-order valence-electron chi connectivity index (χ1n) is 4.77. The second-order valence-electron chi connectivity index (χ2n) is 3.33. The number of primary amides is 1. The monoisotopic (exact) mass is 205 g/mol. The molecule has 15 heavy (non-hydrogen) atoms. The quantitative estimate of drug-likeness (QED) is 0.717. The molecule has 4 heteroatoms. The zero-order chi connectivity index (χ0) is 11.3. The normalized spacial score (nSPS) is 11.8. The Morgan fingerprint density at radius 1 is 1.80 bits per heavy atom. The minimum Gasteiger partial charge on any atom is -0.367 e. The molecule has 4 nitrogen and oxygen atoms in total. The van der Waals surface area contributed by atoms with Gasteiger partial charge in [0.05, 0.1) is 5.56 Å². The summed E-state index contributed by atoms with van der Waals surface area (Å²) in [7, 11) is 0. The largest absolute Gasteiger partial charge is 0.367 e. The lowest BCUT2D eigenvalue weighted by Crippen LogP contribution is -2.20. The predicted molar refractivity (Wildman–Crippen MR) is 60.7 cm³/mol. The third kappa shape index (κ3) is 3.09. The number of pyridine rings is 1. The first kappa shape index (κ1) is 11.2. The van der Waals surface area contributed by atoms with E-state index in [1.807, 2.05) is 13.0 Å². The van der Waals surface area contributed by atoms with Gasteiger partial charge in [-0.25, -0.2) is 4.98 Å². The Balaban J connectivity index is 2.84. The highest BCUT2D eigenvalue weighted by molar-refractivity contribution is 5.97. The molecule has 0 aliphatic rings. The van der Waals surface area contributed by atoms with Crippen LogP contribution in [0.3, 0.4) is 0 Å². The number of nitrogens with two attached hydrogens (primary N) is 1. The lowest BCUT2D eigenvalue weighted by molar-refractivity contribution is 0.100. The number of anilines is 1. The maximum Gasteiger partial charge on any atom is 0.252 e. The van der Waals surface area contributed by atoms with Crippen LogP contribution in [0.1, 0.15) is 23.7 Å². The van der Waals surface area contributed by atoms with E-state index in [-0.39, 0.29) is 6.04 Å². The highest BCUT2D eigenvalue weighted by atomic mass is 16.1. The fourth-order valence-corrected chi connectivity index (χ4v) is 1.26. The molecular weight excluding hydrogens is 190 g/mol. The average Bonchev–Trinajstić information content (AvgIpc) is 2.18. The van der Waals surface area contributed by atoms with Crippen LogP contribution in [0, 0.1) is 0 Å². The molecule has 1 unspecified atom stereocenters. The molecule has 1 aromatic rings. The topological polar surface area (TPSA) is 68.0 Å². The number of aromatic nitrogens is 1. The maximum atomic E-state index is 11.1. The van der Waals surface area contributed by atoms with Gasteiger partial charge in [0.25, 0.3) is 5.91 Å². The smallest absolute Gasteiger partial charge is 0.252 e. The second kappa shape index (κ2) is 5.14. The zero-order valence-electron chi connectivity index (χ0n) is 8.73. The molecule has 3 N–H and O–H groups in total. The summed E-state index contributed by atoms with van der Waals surface area (Å²) >= 11 is 0. The van der Waals surface area contributed by atoms with Crippen molar-refractivity contribution in [3.8, 4) is 0 Å². The molecule has 1 atom stereocenters. The third-order valence-electron chi connectivity index (χ3n) is 1.98. The molecule has 0 saturated heterocycles. The van der Waals surface area contributed by atoms with Gasteiger partial charge in [-0.15, -0.1) is 6.58 Å². The van der Waals surface area contributed by atoms with Crippen LogP contribution in [0.4, 0.5) is 5.82 Å². The number of nitrogens with zero attached hydrogens (tertiary/aromatic N) is 1. The van der Waals surface area contributed by atoms with Crippen molar-refractivity contribution in [2.75, 3.05) is 5.32 Å². The van der Waals surface area contributed by atoms with Crippen molar-refractivity contribution < 1.29 is 4.79 Å². The van der Waals surface area contributed by atoms with Crippen LogP contribution in [0.15, 0.2) is 31.0 Å². The van der Waals surface area contributed by atoms with E-state index in [9.17, 15) is 4.79 Å². The fraction of sp³-hybridized carbons (Fsp3) is 0.273. The van der Waals surface area contributed by atoms with E-state index in [0.29, 0.717) is 11.4 Å². The van der Waals surface area contributed by atoms with Crippen LogP contribution in [0.25, 0.3) is 0 Å². The minimum absolute atomic E-state index is 0.176. The van der Waals surface area contributed by atoms with Crippen molar-refractivity contribution in [2.24, 2.45) is 5.73 Å². The van der Waals surface area contributed by atoms with Crippen LogP contribution >= 0.6 is 0 Å². The van der Waals surface area contributed by atoms with Crippen molar-refractivity contribution in [1.82, 2.24) is 4.98 Å². The van der Waals surface area contributed by atoms with Gasteiger partial charge >= 0.3 is 0 Å². The molecule has 0 spiro atoms. The fourth-order valence-electron chi connectivity index (χ4n) is 1.26. The third-order valence-corrected chi connectivity index (χ3v) is 1.98. The van der Waals surface area contributed by atoms with Gasteiger partial charge in [-0.1, -0.05) is 6.08 Å². The molecule has 0 bridgehead atoms. The molecule has 1 rings (SSSR count). The number of hydrogen-bond acceptors (Lipinski definition) is 3. The summed E-state index contributed by atoms with van der Waals surface area (Å²) in [5, 5.41) is 3.11. The van der Waals surface area contributed by atoms with E-state index >= 15 is 0 Å². The van der Waals surface area contributed by atoms with Gasteiger partial charge in [0.1, 0.15) is 5.82 Å². The predicted octanol–water partition coefficient (Wildman–Crippen LogP) is 1.56. The molecule has 1 heterocycles. The Hall–Kier alpha value is -1.84. The summed E-state index contributed by atoms with van der Waals surface area (Å²) in [4.78, 5) is 15.2. The molecule has 0 radical (unpaired) electrons. The first-order valence-corrected chi connectivity index (χ1v) is 4.77. The first-order chi connectivity index (χ1) is 7.15. The van der Waals surface area contributed by atoms with Gasteiger partial charge in [0, 0.05) is 12.2 Å². The lowest BCUT2D eigenvalue weighted by Gasteiger charge is -2.14. The van der Waals surface area contributed by atoms with E-state index in [1.165, 1.54) is 0 Å². The Labute approximate surface area is 89.2 Å². The Morgan fingerprint density at radius 2 is 2.53 bits per heavy atom. The van der Waals surface area contributed by atoms with Gasteiger partial charge in [-0.3, -0.25) is 4.79 Å². The summed E-state index contributed by atoms with van der Waals surface area (Å²) in [6.07, 6.45) is 4.23. The van der Waals surface area contributed by atoms with Gasteiger partial charge in [0.15, 0.2) is 0 Å². The summed E-state index contributed by atoms with van der Waals surface area (Å²) in [6.45, 7) is 5.64. The van der Waals surface area contributed by atoms with E-state index in [1.54, 1.807) is 18.3 Å². The van der Waals surface area contributed by atoms with Crippen molar-refractivity contribution in [3.05, 3.63) is 36.5 Å². The maximum absolute atomic E-state index is 11.1. The van der Waals surface area contributed by atoms with E-state index in [2.05, 4.69) is 16.9 Å². The summed E-state index contributed by atoms with van der Waals surface area (Å²) in [5.41, 5.74) is 5.64. The van der Waals surface area contributed by atoms with Crippen LogP contribution < -0.4 is 11.1 Å². The van der Waals surface area contributed by atoms with Crippen LogP contribution in [0.2, 0.25) is 0 Å². The molecular formula is C11H15N3O. The van der Waals surface area contributed by atoms with Crippen molar-refractivity contribution in [1.29, 1.82) is 0 Å². The molecule has 80 valence electrons. The molecule has 1 aromatic heterocycles. The van der Waals surface area contributed by atoms with Crippen LogP contribution in [0.5, 0.6) is 0 Å². The van der Waals surface area contributed by atoms with Crippen molar-refractivity contribution in [2.45, 2.75) is 19.4 Å². The van der Waals surface area contributed by atoms with Gasteiger partial charge < -0.3 is 11.1 Å². The summed E-state index contributed by atoms with van der Waals surface area (Å²) in [6, 6.07) is 3.51. The van der Waals surface area contributed by atoms with Crippen LogP contribution in [-0.2, 0) is 0 Å². The molecule has 0 saturated carbocycles. The molecule has 0 aromatic carbocycles. The van der Waals surface area contributed by atoms with Gasteiger partial charge in [-0.2, -0.15) is 0 Å². The summed E-state index contributed by atoms with van der Waals surface area (Å²) < 4.78 is 0. The van der Waals surface area contributed by atoms with Crippen molar-refractivity contribution >= 4 is 11.7 Å². The number of nitrogens with one attached hydrogen (secondary N) is 1. The SMILES string of the molecule is C=CCC(C)Nc1ncccc1C(N)=O. The number of carbonyl (C=O) groups is 1. The number of amides is 1. The van der Waals surface area contributed by atoms with Gasteiger partial charge in [-0.05, 0) is 25.5 Å². The highest BCUT2D eigenvalue weighted by Crippen LogP contribution is 2.12. The Bertz CT molecular complexity index is 363. The highest BCUT2D eigenvalue weighted by Gasteiger charge is 2.09. The molecule has 0 fully saturated rings. The number of carbonyl (C=O) groups excluding carboxylic acids is 1. The van der Waals surface area contributed by atoms with E-state index in [0.717, 1.165) is 6.42 Å². The molecule has 0 aliphatic carbocycles.